The van der Waals surface area contributed by atoms with E-state index in [0.29, 0.717) is 17.4 Å². The van der Waals surface area contributed by atoms with Gasteiger partial charge in [-0.2, -0.15) is 4.98 Å². The van der Waals surface area contributed by atoms with Crippen molar-refractivity contribution in [1.29, 1.82) is 0 Å². The first kappa shape index (κ1) is 15.0. The van der Waals surface area contributed by atoms with Gasteiger partial charge in [0.25, 0.3) is 5.89 Å². The number of hydrogen-bond acceptors (Lipinski definition) is 7. The van der Waals surface area contributed by atoms with Crippen LogP contribution in [-0.2, 0) is 0 Å². The highest BCUT2D eigenvalue weighted by Gasteiger charge is 2.25. The van der Waals surface area contributed by atoms with Crippen molar-refractivity contribution in [2.75, 3.05) is 33.8 Å². The maximum atomic E-state index is 5.44. The SMILES string of the molecule is COc1ccc2nc(-c3nc(C4CNCCN4C)no3)ccc2c1. The number of methoxy groups -OCH3 is 1. The van der Waals surface area contributed by atoms with Crippen molar-refractivity contribution in [3.05, 3.63) is 36.2 Å². The summed E-state index contributed by atoms with van der Waals surface area (Å²) in [6.07, 6.45) is 0. The lowest BCUT2D eigenvalue weighted by atomic mass is 10.2. The molecule has 1 fully saturated rings. The third-order valence-corrected chi connectivity index (χ3v) is 4.37. The molecule has 0 bridgehead atoms. The molecule has 1 atom stereocenters. The molecular weight excluding hydrogens is 306 g/mol. The number of likely N-dealkylation sites (N-methyl/N-ethyl adjacent to an activating group) is 1. The average molecular weight is 325 g/mol. The summed E-state index contributed by atoms with van der Waals surface area (Å²) in [5, 5.41) is 8.51. The van der Waals surface area contributed by atoms with Crippen molar-refractivity contribution in [3.8, 4) is 17.3 Å². The Morgan fingerprint density at radius 2 is 2.17 bits per heavy atom. The highest BCUT2D eigenvalue weighted by atomic mass is 16.5. The zero-order valence-corrected chi connectivity index (χ0v) is 13.7. The fourth-order valence-corrected chi connectivity index (χ4v) is 2.92. The lowest BCUT2D eigenvalue weighted by Gasteiger charge is -2.30. The van der Waals surface area contributed by atoms with Crippen LogP contribution in [0.25, 0.3) is 22.5 Å². The molecule has 0 radical (unpaired) electrons. The predicted octanol–water partition coefficient (Wildman–Crippen LogP) is 1.87. The minimum Gasteiger partial charge on any atom is -0.497 e. The first-order valence-electron chi connectivity index (χ1n) is 7.94. The van der Waals surface area contributed by atoms with Gasteiger partial charge in [0.15, 0.2) is 5.82 Å². The van der Waals surface area contributed by atoms with Crippen molar-refractivity contribution < 1.29 is 9.26 Å². The van der Waals surface area contributed by atoms with Gasteiger partial charge in [0.1, 0.15) is 11.4 Å². The quantitative estimate of drug-likeness (QED) is 0.787. The van der Waals surface area contributed by atoms with Gasteiger partial charge in [-0.05, 0) is 31.3 Å². The Bertz CT molecular complexity index is 863. The van der Waals surface area contributed by atoms with Crippen molar-refractivity contribution in [2.45, 2.75) is 6.04 Å². The molecule has 2 aromatic heterocycles. The number of fused-ring (bicyclic) bond motifs is 1. The van der Waals surface area contributed by atoms with E-state index in [1.54, 1.807) is 7.11 Å². The Balaban J connectivity index is 1.65. The summed E-state index contributed by atoms with van der Waals surface area (Å²) in [4.78, 5) is 11.4. The number of nitrogens with zero attached hydrogens (tertiary/aromatic N) is 4. The molecule has 0 amide bonds. The summed E-state index contributed by atoms with van der Waals surface area (Å²) >= 11 is 0. The van der Waals surface area contributed by atoms with E-state index in [2.05, 4.69) is 32.4 Å². The van der Waals surface area contributed by atoms with E-state index in [-0.39, 0.29) is 6.04 Å². The summed E-state index contributed by atoms with van der Waals surface area (Å²) in [6.45, 7) is 2.76. The van der Waals surface area contributed by atoms with Crippen LogP contribution in [0.2, 0.25) is 0 Å². The van der Waals surface area contributed by atoms with Crippen LogP contribution in [0, 0.1) is 0 Å². The van der Waals surface area contributed by atoms with Gasteiger partial charge in [0.2, 0.25) is 0 Å². The maximum Gasteiger partial charge on any atom is 0.276 e. The molecule has 1 N–H and O–H groups in total. The van der Waals surface area contributed by atoms with Gasteiger partial charge in [-0.1, -0.05) is 11.2 Å². The van der Waals surface area contributed by atoms with E-state index in [0.717, 1.165) is 36.3 Å². The number of ether oxygens (including phenoxy) is 1. The summed E-state index contributed by atoms with van der Waals surface area (Å²) in [7, 11) is 3.73. The number of aromatic nitrogens is 3. The predicted molar refractivity (Wildman–Crippen MR) is 89.8 cm³/mol. The van der Waals surface area contributed by atoms with Gasteiger partial charge < -0.3 is 14.6 Å². The smallest absolute Gasteiger partial charge is 0.276 e. The summed E-state index contributed by atoms with van der Waals surface area (Å²) < 4.78 is 10.7. The Morgan fingerprint density at radius 3 is 3.00 bits per heavy atom. The van der Waals surface area contributed by atoms with Crippen molar-refractivity contribution in [2.24, 2.45) is 0 Å². The maximum absolute atomic E-state index is 5.44. The van der Waals surface area contributed by atoms with Crippen LogP contribution in [0.3, 0.4) is 0 Å². The van der Waals surface area contributed by atoms with E-state index in [1.165, 1.54) is 0 Å². The molecule has 1 aliphatic rings. The van der Waals surface area contributed by atoms with Gasteiger partial charge in [0.05, 0.1) is 18.7 Å². The Labute approximate surface area is 139 Å². The van der Waals surface area contributed by atoms with Crippen molar-refractivity contribution in [3.63, 3.8) is 0 Å². The molecule has 3 heterocycles. The lowest BCUT2D eigenvalue weighted by Crippen LogP contribution is -2.44. The van der Waals surface area contributed by atoms with Crippen LogP contribution in [0.5, 0.6) is 5.75 Å². The Morgan fingerprint density at radius 1 is 1.25 bits per heavy atom. The standard InChI is InChI=1S/C17H19N5O2/c1-22-8-7-18-10-15(22)16-20-17(24-21-16)14-5-3-11-9-12(23-2)4-6-13(11)19-14/h3-6,9,15,18H,7-8,10H2,1-2H3. The van der Waals surface area contributed by atoms with Gasteiger partial charge in [0, 0.05) is 25.0 Å². The molecule has 1 saturated heterocycles. The normalized spacial score (nSPS) is 18.8. The molecule has 4 rings (SSSR count). The topological polar surface area (TPSA) is 76.3 Å². The summed E-state index contributed by atoms with van der Waals surface area (Å²) in [5.41, 5.74) is 1.54. The average Bonchev–Trinajstić information content (AvgIpc) is 3.11. The van der Waals surface area contributed by atoms with Crippen LogP contribution in [0.15, 0.2) is 34.9 Å². The van der Waals surface area contributed by atoms with Gasteiger partial charge in [-0.15, -0.1) is 0 Å². The minimum atomic E-state index is 0.126. The van der Waals surface area contributed by atoms with Crippen LogP contribution in [0.1, 0.15) is 11.9 Å². The number of hydrogen-bond donors (Lipinski definition) is 1. The second kappa shape index (κ2) is 6.18. The first-order chi connectivity index (χ1) is 11.7. The van der Waals surface area contributed by atoms with Crippen LogP contribution < -0.4 is 10.1 Å². The molecule has 0 saturated carbocycles. The van der Waals surface area contributed by atoms with E-state index in [4.69, 9.17) is 9.26 Å². The van der Waals surface area contributed by atoms with E-state index in [9.17, 15) is 0 Å². The van der Waals surface area contributed by atoms with Crippen LogP contribution >= 0.6 is 0 Å². The molecule has 124 valence electrons. The molecule has 7 heteroatoms. The molecule has 7 nitrogen and oxygen atoms in total. The second-order valence-electron chi connectivity index (χ2n) is 5.91. The molecule has 1 aliphatic heterocycles. The van der Waals surface area contributed by atoms with Gasteiger partial charge in [-0.25, -0.2) is 4.98 Å². The van der Waals surface area contributed by atoms with Crippen LogP contribution in [-0.4, -0.2) is 53.8 Å². The number of nitrogens with one attached hydrogen (secondary N) is 1. The Kier molecular flexibility index (Phi) is 3.87. The molecule has 1 aromatic carbocycles. The Hall–Kier alpha value is -2.51. The van der Waals surface area contributed by atoms with E-state index >= 15 is 0 Å². The fourth-order valence-electron chi connectivity index (χ4n) is 2.92. The minimum absolute atomic E-state index is 0.126. The highest BCUT2D eigenvalue weighted by molar-refractivity contribution is 5.82. The van der Waals surface area contributed by atoms with Crippen LogP contribution in [0.4, 0.5) is 0 Å². The molecule has 0 aliphatic carbocycles. The largest absolute Gasteiger partial charge is 0.497 e. The van der Waals surface area contributed by atoms with Crippen molar-refractivity contribution in [1.82, 2.24) is 25.3 Å². The first-order valence-corrected chi connectivity index (χ1v) is 7.94. The van der Waals surface area contributed by atoms with E-state index < -0.39 is 0 Å². The highest BCUT2D eigenvalue weighted by Crippen LogP contribution is 2.25. The lowest BCUT2D eigenvalue weighted by molar-refractivity contribution is 0.190. The monoisotopic (exact) mass is 325 g/mol. The number of piperazine rings is 1. The zero-order valence-electron chi connectivity index (χ0n) is 13.7. The number of pyridine rings is 1. The zero-order chi connectivity index (χ0) is 16.5. The molecule has 24 heavy (non-hydrogen) atoms. The summed E-state index contributed by atoms with van der Waals surface area (Å²) in [6, 6.07) is 9.77. The molecule has 1 unspecified atom stereocenters. The van der Waals surface area contributed by atoms with Crippen molar-refractivity contribution >= 4 is 10.9 Å². The number of benzene rings is 1. The third-order valence-electron chi connectivity index (χ3n) is 4.37. The third kappa shape index (κ3) is 2.72. The fraction of sp³-hybridized carbons (Fsp3) is 0.353. The summed E-state index contributed by atoms with van der Waals surface area (Å²) in [5.74, 6) is 1.95. The number of rotatable bonds is 3. The second-order valence-corrected chi connectivity index (χ2v) is 5.91. The van der Waals surface area contributed by atoms with E-state index in [1.807, 2.05) is 30.3 Å². The molecule has 0 spiro atoms. The van der Waals surface area contributed by atoms with Gasteiger partial charge in [-0.3, -0.25) is 4.90 Å². The van der Waals surface area contributed by atoms with Gasteiger partial charge >= 0.3 is 0 Å². The molecular formula is C17H19N5O2. The molecule has 3 aromatic rings.